The third-order valence-electron chi connectivity index (χ3n) is 6.20. The van der Waals surface area contributed by atoms with Crippen LogP contribution in [0.1, 0.15) is 6.92 Å². The van der Waals surface area contributed by atoms with Gasteiger partial charge in [-0.3, -0.25) is 4.99 Å². The van der Waals surface area contributed by atoms with E-state index in [0.717, 1.165) is 0 Å². The number of carbonyl (C=O) groups excluding carboxylic acids is 1. The standard InChI is InChI=1S/C22H29NO13/c1-8-14(24)16(26)18(28)20(33-8)32-7-12-15(25)17(27)19(29)21(35-12)34-10-5-3-4-9-11(6-23-13(9)10)36-22(30)31-2/h3-5,8,12,14-21,24-29H,6-7H2,1-2H3/t8-,12+,14-,15+,16+,17-,18+,19+,20+,21+/m0/s1. The van der Waals surface area contributed by atoms with Gasteiger partial charge < -0.3 is 59.1 Å². The number of hydrogen-bond donors (Lipinski definition) is 6. The molecule has 0 radical (unpaired) electrons. The maximum Gasteiger partial charge on any atom is 0.513 e. The summed E-state index contributed by atoms with van der Waals surface area (Å²) in [6.45, 7) is 1.10. The molecule has 14 nitrogen and oxygen atoms in total. The zero-order valence-corrected chi connectivity index (χ0v) is 19.4. The second kappa shape index (κ2) is 10.9. The summed E-state index contributed by atoms with van der Waals surface area (Å²) in [5, 5.41) is 61.8. The van der Waals surface area contributed by atoms with Crippen LogP contribution in [0.2, 0.25) is 0 Å². The Kier molecular flexibility index (Phi) is 8.09. The van der Waals surface area contributed by atoms with Crippen molar-refractivity contribution >= 4 is 11.9 Å². The SMILES string of the molecule is COC(=O)OC1=c2cccc(O[C@@H]3O[C@H](CO[C@@H]4O[C@@H](C)[C@H](O)[C@@H](O)[C@H]4O)[C@@H](O)[C@H](O)[C@H]3O)c2=NC1. The van der Waals surface area contributed by atoms with Crippen LogP contribution in [0, 0.1) is 0 Å². The van der Waals surface area contributed by atoms with E-state index in [1.54, 1.807) is 12.1 Å². The van der Waals surface area contributed by atoms with Crippen molar-refractivity contribution in [1.82, 2.24) is 0 Å². The summed E-state index contributed by atoms with van der Waals surface area (Å²) in [4.78, 5) is 15.7. The van der Waals surface area contributed by atoms with Gasteiger partial charge in [-0.15, -0.1) is 0 Å². The molecule has 14 heteroatoms. The van der Waals surface area contributed by atoms with Crippen LogP contribution in [-0.4, -0.2) is 118 Å². The number of hydrogen-bond acceptors (Lipinski definition) is 14. The lowest BCUT2D eigenvalue weighted by atomic mass is 9.98. The van der Waals surface area contributed by atoms with Gasteiger partial charge in [-0.25, -0.2) is 4.79 Å². The molecule has 4 rings (SSSR count). The van der Waals surface area contributed by atoms with Gasteiger partial charge in [-0.05, 0) is 19.1 Å². The first-order valence-corrected chi connectivity index (χ1v) is 11.2. The number of para-hydroxylation sites is 1. The quantitative estimate of drug-likeness (QED) is 0.202. The average Bonchev–Trinajstić information content (AvgIpc) is 3.28. The van der Waals surface area contributed by atoms with Gasteiger partial charge in [0, 0.05) is 5.22 Å². The minimum Gasteiger partial charge on any atom is -0.460 e. The zero-order valence-electron chi connectivity index (χ0n) is 19.4. The van der Waals surface area contributed by atoms with E-state index >= 15 is 0 Å². The van der Waals surface area contributed by atoms with Crippen LogP contribution in [0.15, 0.2) is 23.2 Å². The van der Waals surface area contributed by atoms with Gasteiger partial charge in [0.1, 0.15) is 59.6 Å². The van der Waals surface area contributed by atoms with Gasteiger partial charge in [0.15, 0.2) is 6.29 Å². The summed E-state index contributed by atoms with van der Waals surface area (Å²) < 4.78 is 31.8. The Bertz CT molecular complexity index is 1070. The second-order valence-corrected chi connectivity index (χ2v) is 8.60. The van der Waals surface area contributed by atoms with Crippen LogP contribution < -0.4 is 15.3 Å². The van der Waals surface area contributed by atoms with Crippen LogP contribution in [0.25, 0.3) is 5.76 Å². The number of rotatable bonds is 6. The highest BCUT2D eigenvalue weighted by Gasteiger charge is 2.47. The minimum atomic E-state index is -1.68. The molecule has 2 saturated heterocycles. The molecular weight excluding hydrogens is 486 g/mol. The number of carbonyl (C=O) groups is 1. The van der Waals surface area contributed by atoms with Crippen LogP contribution in [0.3, 0.4) is 0 Å². The molecule has 10 atom stereocenters. The van der Waals surface area contributed by atoms with Gasteiger partial charge in [-0.2, -0.15) is 0 Å². The van der Waals surface area contributed by atoms with Crippen LogP contribution >= 0.6 is 0 Å². The molecule has 2 fully saturated rings. The molecule has 0 aliphatic carbocycles. The van der Waals surface area contributed by atoms with Crippen LogP contribution in [0.4, 0.5) is 4.79 Å². The molecule has 0 saturated carbocycles. The van der Waals surface area contributed by atoms with Crippen LogP contribution in [-0.2, 0) is 23.7 Å². The number of benzene rings is 1. The van der Waals surface area contributed by atoms with Crippen molar-refractivity contribution in [1.29, 1.82) is 0 Å². The fourth-order valence-corrected chi connectivity index (χ4v) is 4.09. The fraction of sp³-hybridized carbons (Fsp3) is 0.636. The molecular formula is C22H29NO13. The molecule has 3 heterocycles. The lowest BCUT2D eigenvalue weighted by molar-refractivity contribution is -0.318. The molecule has 0 aromatic heterocycles. The van der Waals surface area contributed by atoms with E-state index in [1.165, 1.54) is 20.1 Å². The van der Waals surface area contributed by atoms with Crippen molar-refractivity contribution in [3.63, 3.8) is 0 Å². The number of aliphatic hydroxyl groups excluding tert-OH is 6. The molecule has 0 bridgehead atoms. The van der Waals surface area contributed by atoms with E-state index in [1.807, 2.05) is 0 Å². The van der Waals surface area contributed by atoms with Crippen molar-refractivity contribution in [2.45, 2.75) is 68.3 Å². The lowest BCUT2D eigenvalue weighted by Gasteiger charge is -2.42. The first-order chi connectivity index (χ1) is 17.1. The van der Waals surface area contributed by atoms with Gasteiger partial charge in [0.2, 0.25) is 6.29 Å². The molecule has 3 aliphatic heterocycles. The van der Waals surface area contributed by atoms with E-state index in [4.69, 9.17) is 23.7 Å². The summed E-state index contributed by atoms with van der Waals surface area (Å²) in [5.74, 6) is 0.391. The van der Waals surface area contributed by atoms with Crippen molar-refractivity contribution < 1.29 is 63.9 Å². The van der Waals surface area contributed by atoms with E-state index in [9.17, 15) is 35.4 Å². The molecule has 3 aliphatic rings. The second-order valence-electron chi connectivity index (χ2n) is 8.60. The molecule has 1 aromatic carbocycles. The summed E-state index contributed by atoms with van der Waals surface area (Å²) in [6, 6.07) is 4.77. The maximum atomic E-state index is 11.5. The monoisotopic (exact) mass is 515 g/mol. The summed E-state index contributed by atoms with van der Waals surface area (Å²) in [6.07, 6.45) is -15.1. The number of aliphatic hydroxyl groups is 6. The number of ether oxygens (including phenoxy) is 6. The largest absolute Gasteiger partial charge is 0.513 e. The first-order valence-electron chi connectivity index (χ1n) is 11.2. The van der Waals surface area contributed by atoms with Crippen molar-refractivity contribution in [2.24, 2.45) is 4.99 Å². The molecule has 0 amide bonds. The lowest BCUT2D eigenvalue weighted by Crippen LogP contribution is -2.61. The molecule has 0 unspecified atom stereocenters. The third-order valence-corrected chi connectivity index (χ3v) is 6.20. The first kappa shape index (κ1) is 26.7. The topological polar surface area (TPSA) is 206 Å². The Hall–Kier alpha value is -2.40. The number of nitrogens with zero attached hydrogens (tertiary/aromatic N) is 1. The van der Waals surface area contributed by atoms with Gasteiger partial charge in [0.25, 0.3) is 0 Å². The Morgan fingerprint density at radius 2 is 1.67 bits per heavy atom. The number of methoxy groups -OCH3 is 1. The third kappa shape index (κ3) is 5.18. The molecule has 200 valence electrons. The van der Waals surface area contributed by atoms with Crippen LogP contribution in [0.5, 0.6) is 5.75 Å². The molecule has 0 spiro atoms. The summed E-state index contributed by atoms with van der Waals surface area (Å²) >= 11 is 0. The van der Waals surface area contributed by atoms with Gasteiger partial charge in [-0.1, -0.05) is 6.07 Å². The summed E-state index contributed by atoms with van der Waals surface area (Å²) in [5.41, 5.74) is 0. The highest BCUT2D eigenvalue weighted by Crippen LogP contribution is 2.26. The van der Waals surface area contributed by atoms with E-state index in [-0.39, 0.29) is 18.1 Å². The smallest absolute Gasteiger partial charge is 0.460 e. The van der Waals surface area contributed by atoms with Crippen molar-refractivity contribution in [3.05, 3.63) is 28.8 Å². The number of fused-ring (bicyclic) bond motifs is 1. The molecule has 1 aromatic rings. The predicted octanol–water partition coefficient (Wildman–Crippen LogP) is -3.76. The Morgan fingerprint density at radius 3 is 2.39 bits per heavy atom. The van der Waals surface area contributed by atoms with E-state index < -0.39 is 74.2 Å². The molecule has 6 N–H and O–H groups in total. The van der Waals surface area contributed by atoms with E-state index in [2.05, 4.69) is 9.73 Å². The Balaban J connectivity index is 1.47. The van der Waals surface area contributed by atoms with Gasteiger partial charge >= 0.3 is 6.16 Å². The normalized spacial score (nSPS) is 38.2. The minimum absolute atomic E-state index is 0.0410. The van der Waals surface area contributed by atoms with Gasteiger partial charge in [0.05, 0.1) is 26.4 Å². The highest BCUT2D eigenvalue weighted by atomic mass is 16.7. The maximum absolute atomic E-state index is 11.5. The average molecular weight is 515 g/mol. The van der Waals surface area contributed by atoms with E-state index in [0.29, 0.717) is 10.6 Å². The summed E-state index contributed by atoms with van der Waals surface area (Å²) in [7, 11) is 1.17. The predicted molar refractivity (Wildman–Crippen MR) is 115 cm³/mol. The van der Waals surface area contributed by atoms with Crippen molar-refractivity contribution in [2.75, 3.05) is 20.3 Å². The Labute approximate surface area is 204 Å². The fourth-order valence-electron chi connectivity index (χ4n) is 4.09. The Morgan fingerprint density at radius 1 is 0.972 bits per heavy atom. The molecule has 36 heavy (non-hydrogen) atoms. The van der Waals surface area contributed by atoms with Crippen molar-refractivity contribution in [3.8, 4) is 5.75 Å². The highest BCUT2D eigenvalue weighted by molar-refractivity contribution is 5.67. The zero-order chi connectivity index (χ0) is 26.1.